The molecule has 1 aromatic carbocycles. The van der Waals surface area contributed by atoms with Crippen molar-refractivity contribution in [1.29, 1.82) is 0 Å². The fourth-order valence-electron chi connectivity index (χ4n) is 4.64. The van der Waals surface area contributed by atoms with Crippen molar-refractivity contribution in [2.75, 3.05) is 45.6 Å². The Morgan fingerprint density at radius 3 is 2.84 bits per heavy atom. The highest BCUT2D eigenvalue weighted by Crippen LogP contribution is 2.32. The average molecular weight is 498 g/mol. The predicted octanol–water partition coefficient (Wildman–Crippen LogP) is 4.05. The normalized spacial score (nSPS) is 14.0. The third kappa shape index (κ3) is 4.68. The van der Waals surface area contributed by atoms with Crippen molar-refractivity contribution in [2.45, 2.75) is 6.42 Å². The number of pyridine rings is 2. The Hall–Kier alpha value is -4.15. The molecule has 0 radical (unpaired) electrons. The number of benzene rings is 1. The van der Waals surface area contributed by atoms with Crippen LogP contribution in [0.25, 0.3) is 50.3 Å². The van der Waals surface area contributed by atoms with E-state index in [1.165, 1.54) is 17.7 Å². The van der Waals surface area contributed by atoms with Crippen molar-refractivity contribution in [3.63, 3.8) is 0 Å². The molecule has 0 atom stereocenters. The maximum Gasteiger partial charge on any atom is 0.159 e. The lowest BCUT2D eigenvalue weighted by Crippen LogP contribution is -2.20. The first-order chi connectivity index (χ1) is 18.0. The second kappa shape index (κ2) is 9.72. The fourth-order valence-corrected chi connectivity index (χ4v) is 4.64. The third-order valence-electron chi connectivity index (χ3n) is 6.52. The number of imidazole rings is 1. The standard InChI is InChI=1S/C27H28FN9/c1-37(2)10-9-30-19-12-17(11-18(28)13-19)24-26-21(5-8-31-24)33-27(34-26)25-20-14-22(16-3-6-29-7-4-16)32-15-23(20)35-36-25/h3,5,8,11-15,29-30H,4,6-7,9-10H2,1-2H3,(H,33,34)(H,35,36). The molecule has 0 saturated heterocycles. The summed E-state index contributed by atoms with van der Waals surface area (Å²) < 4.78 is 14.6. The van der Waals surface area contributed by atoms with Crippen LogP contribution < -0.4 is 10.6 Å². The van der Waals surface area contributed by atoms with Crippen molar-refractivity contribution in [1.82, 2.24) is 40.3 Å². The number of anilines is 1. The van der Waals surface area contributed by atoms with Crippen LogP contribution in [0.4, 0.5) is 10.1 Å². The second-order valence-corrected chi connectivity index (χ2v) is 9.47. The molecule has 5 heterocycles. The molecule has 0 fully saturated rings. The molecule has 1 aliphatic heterocycles. The molecular formula is C27H28FN9. The molecule has 0 saturated carbocycles. The zero-order valence-electron chi connectivity index (χ0n) is 20.8. The Bertz CT molecular complexity index is 1620. The van der Waals surface area contributed by atoms with Crippen molar-refractivity contribution in [3.05, 3.63) is 60.3 Å². The van der Waals surface area contributed by atoms with Crippen LogP contribution in [0.2, 0.25) is 0 Å². The molecule has 9 nitrogen and oxygen atoms in total. The van der Waals surface area contributed by atoms with E-state index in [-0.39, 0.29) is 5.82 Å². The minimum atomic E-state index is -0.329. The zero-order valence-corrected chi connectivity index (χ0v) is 20.8. The van der Waals surface area contributed by atoms with Crippen molar-refractivity contribution < 1.29 is 4.39 Å². The number of halogens is 1. The number of nitrogens with zero attached hydrogens (tertiary/aromatic N) is 5. The van der Waals surface area contributed by atoms with Gasteiger partial charge in [-0.05, 0) is 63.0 Å². The van der Waals surface area contributed by atoms with E-state index in [1.54, 1.807) is 6.20 Å². The lowest BCUT2D eigenvalue weighted by Gasteiger charge is -2.13. The van der Waals surface area contributed by atoms with E-state index in [2.05, 4.69) is 52.8 Å². The minimum absolute atomic E-state index is 0.329. The Kier molecular flexibility index (Phi) is 6.11. The van der Waals surface area contributed by atoms with E-state index in [4.69, 9.17) is 4.98 Å². The van der Waals surface area contributed by atoms with E-state index in [0.29, 0.717) is 40.5 Å². The molecule has 0 amide bonds. The molecule has 0 bridgehead atoms. The summed E-state index contributed by atoms with van der Waals surface area (Å²) >= 11 is 0. The number of H-pyrrole nitrogens is 2. The summed E-state index contributed by atoms with van der Waals surface area (Å²) in [5.74, 6) is 0.289. The van der Waals surface area contributed by atoms with Gasteiger partial charge >= 0.3 is 0 Å². The van der Waals surface area contributed by atoms with Gasteiger partial charge in [0.1, 0.15) is 17.0 Å². The molecule has 4 aromatic heterocycles. The summed E-state index contributed by atoms with van der Waals surface area (Å²) in [7, 11) is 4.01. The lowest BCUT2D eigenvalue weighted by atomic mass is 10.0. The van der Waals surface area contributed by atoms with Crippen LogP contribution in [0.15, 0.2) is 48.8 Å². The van der Waals surface area contributed by atoms with Gasteiger partial charge in [0.15, 0.2) is 5.82 Å². The first kappa shape index (κ1) is 23.3. The van der Waals surface area contributed by atoms with E-state index in [0.717, 1.165) is 48.2 Å². The molecule has 6 rings (SSSR count). The van der Waals surface area contributed by atoms with Gasteiger partial charge in [0, 0.05) is 42.5 Å². The number of aromatic amines is 2. The number of nitrogens with one attached hydrogen (secondary N) is 4. The van der Waals surface area contributed by atoms with Gasteiger partial charge < -0.3 is 20.5 Å². The maximum atomic E-state index is 14.6. The molecule has 0 spiro atoms. The molecule has 188 valence electrons. The van der Waals surface area contributed by atoms with Crippen LogP contribution in [0.5, 0.6) is 0 Å². The SMILES string of the molecule is CN(C)CCNc1cc(F)cc(-c2nccc3[nH]c(-c4n[nH]c5cnc(C6=CCNCC6)cc45)nc23)c1. The number of hydrogen-bond donors (Lipinski definition) is 4. The van der Waals surface area contributed by atoms with Crippen LogP contribution in [0.3, 0.4) is 0 Å². The Morgan fingerprint density at radius 2 is 2.00 bits per heavy atom. The average Bonchev–Trinajstić information content (AvgIpc) is 3.52. The topological polar surface area (TPSA) is 110 Å². The highest BCUT2D eigenvalue weighted by molar-refractivity contribution is 5.96. The van der Waals surface area contributed by atoms with Crippen LogP contribution in [0.1, 0.15) is 12.1 Å². The first-order valence-electron chi connectivity index (χ1n) is 12.3. The number of fused-ring (bicyclic) bond motifs is 2. The largest absolute Gasteiger partial charge is 0.384 e. The lowest BCUT2D eigenvalue weighted by molar-refractivity contribution is 0.425. The number of aromatic nitrogens is 6. The highest BCUT2D eigenvalue weighted by Gasteiger charge is 2.18. The molecule has 5 aromatic rings. The first-order valence-corrected chi connectivity index (χ1v) is 12.3. The number of likely N-dealkylation sites (N-methyl/N-ethyl adjacent to an activating group) is 1. The van der Waals surface area contributed by atoms with E-state index >= 15 is 0 Å². The summed E-state index contributed by atoms with van der Waals surface area (Å²) in [6.07, 6.45) is 6.64. The van der Waals surface area contributed by atoms with Crippen LogP contribution in [0, 0.1) is 5.82 Å². The van der Waals surface area contributed by atoms with Gasteiger partial charge in [-0.15, -0.1) is 0 Å². The van der Waals surface area contributed by atoms with Crippen LogP contribution >= 0.6 is 0 Å². The number of hydrogen-bond acceptors (Lipinski definition) is 7. The summed E-state index contributed by atoms with van der Waals surface area (Å²) in [5.41, 5.74) is 7.16. The van der Waals surface area contributed by atoms with E-state index < -0.39 is 0 Å². The molecule has 1 aliphatic rings. The van der Waals surface area contributed by atoms with Gasteiger partial charge in [0.05, 0.1) is 28.6 Å². The van der Waals surface area contributed by atoms with Gasteiger partial charge in [-0.2, -0.15) is 5.10 Å². The van der Waals surface area contributed by atoms with Crippen LogP contribution in [-0.2, 0) is 0 Å². The highest BCUT2D eigenvalue weighted by atomic mass is 19.1. The van der Waals surface area contributed by atoms with Crippen molar-refractivity contribution in [2.24, 2.45) is 0 Å². The van der Waals surface area contributed by atoms with E-state index in [1.807, 2.05) is 32.4 Å². The molecular weight excluding hydrogens is 469 g/mol. The summed E-state index contributed by atoms with van der Waals surface area (Å²) in [6.45, 7) is 3.33. The maximum absolute atomic E-state index is 14.6. The summed E-state index contributed by atoms with van der Waals surface area (Å²) in [5, 5.41) is 15.2. The Balaban J connectivity index is 1.39. The van der Waals surface area contributed by atoms with Gasteiger partial charge in [0.2, 0.25) is 0 Å². The smallest absolute Gasteiger partial charge is 0.159 e. The molecule has 0 aliphatic carbocycles. The predicted molar refractivity (Wildman–Crippen MR) is 145 cm³/mol. The van der Waals surface area contributed by atoms with Gasteiger partial charge in [-0.1, -0.05) is 6.08 Å². The van der Waals surface area contributed by atoms with Crippen molar-refractivity contribution in [3.8, 4) is 22.8 Å². The molecule has 4 N–H and O–H groups in total. The van der Waals surface area contributed by atoms with Gasteiger partial charge in [0.25, 0.3) is 0 Å². The monoisotopic (exact) mass is 497 g/mol. The molecule has 10 heteroatoms. The van der Waals surface area contributed by atoms with Crippen molar-refractivity contribution >= 4 is 33.2 Å². The Morgan fingerprint density at radius 1 is 1.08 bits per heavy atom. The van der Waals surface area contributed by atoms with Crippen LogP contribution in [-0.4, -0.2) is 75.3 Å². The quantitative estimate of drug-likeness (QED) is 0.268. The second-order valence-electron chi connectivity index (χ2n) is 9.47. The molecule has 0 unspecified atom stereocenters. The van der Waals surface area contributed by atoms with Gasteiger partial charge in [-0.25, -0.2) is 9.37 Å². The summed E-state index contributed by atoms with van der Waals surface area (Å²) in [4.78, 5) is 19.5. The third-order valence-corrected chi connectivity index (χ3v) is 6.52. The van der Waals surface area contributed by atoms with Gasteiger partial charge in [-0.3, -0.25) is 15.1 Å². The fraction of sp³-hybridized carbons (Fsp3) is 0.259. The Labute approximate surface area is 213 Å². The summed E-state index contributed by atoms with van der Waals surface area (Å²) in [6, 6.07) is 8.82. The minimum Gasteiger partial charge on any atom is -0.384 e. The van der Waals surface area contributed by atoms with E-state index in [9.17, 15) is 4.39 Å². The number of rotatable bonds is 7. The zero-order chi connectivity index (χ0) is 25.4. The molecule has 37 heavy (non-hydrogen) atoms.